The van der Waals surface area contributed by atoms with Crippen molar-refractivity contribution in [2.24, 2.45) is 17.6 Å². The summed E-state index contributed by atoms with van der Waals surface area (Å²) in [7, 11) is 1.68. The third-order valence-corrected chi connectivity index (χ3v) is 5.45. The molecule has 1 aromatic rings. The molecule has 7 nitrogen and oxygen atoms in total. The minimum Gasteiger partial charge on any atom is -0.493 e. The summed E-state index contributed by atoms with van der Waals surface area (Å²) in [5.74, 6) is 0.931. The molecule has 1 aromatic carbocycles. The Morgan fingerprint density at radius 2 is 1.79 bits per heavy atom. The molecule has 194 valence electrons. The lowest BCUT2D eigenvalue weighted by atomic mass is 9.87. The van der Waals surface area contributed by atoms with Crippen molar-refractivity contribution in [1.29, 1.82) is 0 Å². The zero-order chi connectivity index (χ0) is 23.1. The van der Waals surface area contributed by atoms with Gasteiger partial charge in [-0.3, -0.25) is 4.79 Å². The van der Waals surface area contributed by atoms with Gasteiger partial charge in [-0.15, -0.1) is 24.8 Å². The summed E-state index contributed by atoms with van der Waals surface area (Å²) in [4.78, 5) is 12.8. The number of hydrogen-bond donors (Lipinski definition) is 4. The molecule has 0 bridgehead atoms. The van der Waals surface area contributed by atoms with Crippen LogP contribution in [0.15, 0.2) is 24.3 Å². The SMILES string of the molecule is CCCNC[C@H](O)[C@@H](N)C[C@H](CNC(=O)c1ccccc1OCCCCOC)C(C)C.Cl.Cl. The minimum absolute atomic E-state index is 0. The Hall–Kier alpha value is -1.09. The molecule has 0 heterocycles. The van der Waals surface area contributed by atoms with Gasteiger partial charge in [-0.25, -0.2) is 0 Å². The van der Waals surface area contributed by atoms with E-state index in [-0.39, 0.29) is 42.7 Å². The molecule has 1 rings (SSSR count). The largest absolute Gasteiger partial charge is 0.493 e. The summed E-state index contributed by atoms with van der Waals surface area (Å²) in [5.41, 5.74) is 6.77. The molecular weight excluding hydrogens is 465 g/mol. The molecule has 0 fully saturated rings. The number of methoxy groups -OCH3 is 1. The number of para-hydroxylation sites is 1. The molecule has 0 radical (unpaired) electrons. The summed E-state index contributed by atoms with van der Waals surface area (Å²) < 4.78 is 10.9. The maximum absolute atomic E-state index is 12.8. The van der Waals surface area contributed by atoms with Gasteiger partial charge >= 0.3 is 0 Å². The van der Waals surface area contributed by atoms with E-state index in [1.54, 1.807) is 13.2 Å². The van der Waals surface area contributed by atoms with E-state index in [0.29, 0.717) is 50.0 Å². The Balaban J connectivity index is 0. The topological polar surface area (TPSA) is 106 Å². The van der Waals surface area contributed by atoms with Gasteiger partial charge in [0.1, 0.15) is 5.75 Å². The van der Waals surface area contributed by atoms with E-state index < -0.39 is 6.10 Å². The standard InChI is InChI=1S/C24H43N3O4.2ClH/c1-5-12-26-17-22(28)21(25)15-19(18(2)3)16-27-24(29)20-10-6-7-11-23(20)31-14-9-8-13-30-4;;/h6-7,10-11,18-19,21-22,26,28H,5,8-9,12-17,25H2,1-4H3,(H,27,29);2*1H/t19-,21+,22+;;/m1../s1. The van der Waals surface area contributed by atoms with Crippen molar-refractivity contribution in [2.45, 2.75) is 58.6 Å². The number of aliphatic hydroxyl groups is 1. The summed E-state index contributed by atoms with van der Waals surface area (Å²) in [6.45, 7) is 9.41. The highest BCUT2D eigenvalue weighted by Gasteiger charge is 2.23. The first-order chi connectivity index (χ1) is 14.9. The first-order valence-electron chi connectivity index (χ1n) is 11.5. The Labute approximate surface area is 212 Å². The number of halogens is 2. The van der Waals surface area contributed by atoms with Crippen LogP contribution in [0.5, 0.6) is 5.75 Å². The normalized spacial score (nSPS) is 13.4. The zero-order valence-electron chi connectivity index (χ0n) is 20.5. The summed E-state index contributed by atoms with van der Waals surface area (Å²) in [6, 6.07) is 6.96. The molecule has 33 heavy (non-hydrogen) atoms. The van der Waals surface area contributed by atoms with Gasteiger partial charge < -0.3 is 30.9 Å². The summed E-state index contributed by atoms with van der Waals surface area (Å²) >= 11 is 0. The van der Waals surface area contributed by atoms with Crippen molar-refractivity contribution >= 4 is 30.7 Å². The molecule has 9 heteroatoms. The number of carbonyl (C=O) groups excluding carboxylic acids is 1. The van der Waals surface area contributed by atoms with Crippen LogP contribution in [0, 0.1) is 11.8 Å². The maximum atomic E-state index is 12.8. The molecule has 0 aliphatic rings. The summed E-state index contributed by atoms with van der Waals surface area (Å²) in [6.07, 6.45) is 2.84. The minimum atomic E-state index is -0.601. The molecule has 0 aliphatic heterocycles. The molecule has 0 saturated carbocycles. The van der Waals surface area contributed by atoms with Crippen molar-refractivity contribution in [3.63, 3.8) is 0 Å². The van der Waals surface area contributed by atoms with Gasteiger partial charge in [-0.1, -0.05) is 32.9 Å². The average molecular weight is 511 g/mol. The lowest BCUT2D eigenvalue weighted by molar-refractivity contribution is 0.0927. The van der Waals surface area contributed by atoms with Gasteiger partial charge in [0.05, 0.1) is 18.3 Å². The average Bonchev–Trinajstić information content (AvgIpc) is 2.76. The highest BCUT2D eigenvalue weighted by Crippen LogP contribution is 2.20. The highest BCUT2D eigenvalue weighted by atomic mass is 35.5. The Kier molecular flexibility index (Phi) is 21.0. The molecule has 3 atom stereocenters. The number of nitrogens with one attached hydrogen (secondary N) is 2. The molecule has 0 unspecified atom stereocenters. The van der Waals surface area contributed by atoms with E-state index in [0.717, 1.165) is 25.8 Å². The van der Waals surface area contributed by atoms with Crippen molar-refractivity contribution in [3.05, 3.63) is 29.8 Å². The fourth-order valence-corrected chi connectivity index (χ4v) is 3.31. The second kappa shape index (κ2) is 20.3. The van der Waals surface area contributed by atoms with Crippen molar-refractivity contribution in [1.82, 2.24) is 10.6 Å². The van der Waals surface area contributed by atoms with Crippen LogP contribution in [0.3, 0.4) is 0 Å². The maximum Gasteiger partial charge on any atom is 0.255 e. The van der Waals surface area contributed by atoms with Crippen LogP contribution >= 0.6 is 24.8 Å². The lowest BCUT2D eigenvalue weighted by Gasteiger charge is -2.27. The predicted octanol–water partition coefficient (Wildman–Crippen LogP) is 3.42. The summed E-state index contributed by atoms with van der Waals surface area (Å²) in [5, 5.41) is 16.5. The van der Waals surface area contributed by atoms with E-state index in [1.165, 1.54) is 0 Å². The number of rotatable bonds is 17. The van der Waals surface area contributed by atoms with Crippen LogP contribution in [0.25, 0.3) is 0 Å². The number of aliphatic hydroxyl groups excluding tert-OH is 1. The Bertz CT molecular complexity index is 623. The lowest BCUT2D eigenvalue weighted by Crippen LogP contribution is -2.45. The van der Waals surface area contributed by atoms with Crippen LogP contribution in [0.4, 0.5) is 0 Å². The van der Waals surface area contributed by atoms with Crippen LogP contribution in [0.2, 0.25) is 0 Å². The Morgan fingerprint density at radius 3 is 2.42 bits per heavy atom. The number of hydrogen-bond acceptors (Lipinski definition) is 6. The first kappa shape index (κ1) is 34.1. The van der Waals surface area contributed by atoms with Gasteiger partial charge in [0.2, 0.25) is 0 Å². The van der Waals surface area contributed by atoms with Crippen LogP contribution in [0.1, 0.15) is 56.8 Å². The molecular formula is C24H45Cl2N3O4. The van der Waals surface area contributed by atoms with Gasteiger partial charge in [0, 0.05) is 32.8 Å². The Morgan fingerprint density at radius 1 is 1.12 bits per heavy atom. The number of ether oxygens (including phenoxy) is 2. The second-order valence-electron chi connectivity index (χ2n) is 8.43. The molecule has 0 aliphatic carbocycles. The van der Waals surface area contributed by atoms with E-state index in [1.807, 2.05) is 18.2 Å². The quantitative estimate of drug-likeness (QED) is 0.240. The molecule has 1 amide bonds. The third-order valence-electron chi connectivity index (χ3n) is 5.45. The van der Waals surface area contributed by atoms with E-state index in [9.17, 15) is 9.90 Å². The van der Waals surface area contributed by atoms with Gasteiger partial charge in [0.15, 0.2) is 0 Å². The van der Waals surface area contributed by atoms with Gasteiger partial charge in [0.25, 0.3) is 5.91 Å². The predicted molar refractivity (Wildman–Crippen MR) is 140 cm³/mol. The monoisotopic (exact) mass is 509 g/mol. The van der Waals surface area contributed by atoms with Crippen molar-refractivity contribution in [2.75, 3.05) is 40.0 Å². The molecule has 0 spiro atoms. The smallest absolute Gasteiger partial charge is 0.255 e. The third kappa shape index (κ3) is 14.0. The van der Waals surface area contributed by atoms with Gasteiger partial charge in [-0.05, 0) is 56.2 Å². The van der Waals surface area contributed by atoms with E-state index >= 15 is 0 Å². The number of amides is 1. The first-order valence-corrected chi connectivity index (χ1v) is 11.5. The van der Waals surface area contributed by atoms with E-state index in [4.69, 9.17) is 15.2 Å². The molecule has 5 N–H and O–H groups in total. The van der Waals surface area contributed by atoms with Crippen molar-refractivity contribution < 1.29 is 19.4 Å². The fraction of sp³-hybridized carbons (Fsp3) is 0.708. The van der Waals surface area contributed by atoms with Crippen LogP contribution < -0.4 is 21.1 Å². The highest BCUT2D eigenvalue weighted by molar-refractivity contribution is 5.96. The van der Waals surface area contributed by atoms with Crippen LogP contribution in [-0.4, -0.2) is 63.1 Å². The molecule has 0 aromatic heterocycles. The second-order valence-corrected chi connectivity index (χ2v) is 8.43. The molecule has 0 saturated heterocycles. The number of unbranched alkanes of at least 4 members (excludes halogenated alkanes) is 1. The fourth-order valence-electron chi connectivity index (χ4n) is 3.31. The van der Waals surface area contributed by atoms with E-state index in [2.05, 4.69) is 31.4 Å². The zero-order valence-corrected chi connectivity index (χ0v) is 22.2. The van der Waals surface area contributed by atoms with Gasteiger partial charge in [-0.2, -0.15) is 0 Å². The number of benzene rings is 1. The number of nitrogens with two attached hydrogens (primary N) is 1. The number of carbonyl (C=O) groups is 1. The van der Waals surface area contributed by atoms with Crippen LogP contribution in [-0.2, 0) is 4.74 Å². The van der Waals surface area contributed by atoms with Crippen molar-refractivity contribution in [3.8, 4) is 5.75 Å².